The number of hydrogen-bond acceptors (Lipinski definition) is 8. The fourth-order valence-corrected chi connectivity index (χ4v) is 5.02. The number of aromatic nitrogens is 2. The molecule has 0 bridgehead atoms. The van der Waals surface area contributed by atoms with Gasteiger partial charge in [0.15, 0.2) is 12.4 Å². The summed E-state index contributed by atoms with van der Waals surface area (Å²) in [6, 6.07) is 7.28. The normalized spacial score (nSPS) is 18.7. The van der Waals surface area contributed by atoms with Gasteiger partial charge < -0.3 is 26.4 Å². The molecule has 4 heterocycles. The molecule has 4 N–H and O–H groups in total. The van der Waals surface area contributed by atoms with E-state index in [1.54, 1.807) is 6.07 Å². The van der Waals surface area contributed by atoms with Crippen molar-refractivity contribution >= 4 is 23.3 Å². The quantitative estimate of drug-likeness (QED) is 0.283. The zero-order valence-electron chi connectivity index (χ0n) is 19.6. The number of anilines is 2. The highest BCUT2D eigenvalue weighted by Crippen LogP contribution is 2.27. The standard InChI is InChI=1S/C24H33N7O3/c1-34-28-23(20-3-2-8-31(33)16-20)18-6-11-30(12-7-18)24(32)19-4-9-29(10-5-19)15-17-13-21(25)27-22(26)14-17/h2-3,8,13-14,16,18-19H,4-7,9-12,15H2,1H3,(H4,25,26,27). The lowest BCUT2D eigenvalue weighted by Crippen LogP contribution is -2.46. The van der Waals surface area contributed by atoms with Crippen LogP contribution in [0.25, 0.3) is 0 Å². The highest BCUT2D eigenvalue weighted by atomic mass is 16.6. The number of carbonyl (C=O) groups is 1. The highest BCUT2D eigenvalue weighted by Gasteiger charge is 2.33. The van der Waals surface area contributed by atoms with E-state index in [0.717, 1.165) is 66.9 Å². The van der Waals surface area contributed by atoms with Gasteiger partial charge in [-0.1, -0.05) is 5.16 Å². The zero-order chi connectivity index (χ0) is 24.1. The number of carbonyl (C=O) groups excluding carboxylic acids is 1. The van der Waals surface area contributed by atoms with Crippen LogP contribution in [0, 0.1) is 17.0 Å². The minimum atomic E-state index is 0.0565. The number of piperidine rings is 2. The van der Waals surface area contributed by atoms with Crippen LogP contribution in [0.15, 0.2) is 41.8 Å². The third-order valence-electron chi connectivity index (χ3n) is 6.72. The van der Waals surface area contributed by atoms with Gasteiger partial charge >= 0.3 is 0 Å². The van der Waals surface area contributed by atoms with Gasteiger partial charge in [0.1, 0.15) is 18.7 Å². The molecule has 10 heteroatoms. The van der Waals surface area contributed by atoms with Gasteiger partial charge in [-0.15, -0.1) is 0 Å². The maximum Gasteiger partial charge on any atom is 0.225 e. The molecule has 1 amide bonds. The highest BCUT2D eigenvalue weighted by molar-refractivity contribution is 6.01. The van der Waals surface area contributed by atoms with Gasteiger partial charge in [-0.25, -0.2) is 4.98 Å². The Morgan fingerprint density at radius 1 is 1.15 bits per heavy atom. The van der Waals surface area contributed by atoms with E-state index in [-0.39, 0.29) is 17.7 Å². The summed E-state index contributed by atoms with van der Waals surface area (Å²) in [5, 5.41) is 15.9. The molecule has 2 aliphatic rings. The van der Waals surface area contributed by atoms with Crippen LogP contribution in [0.1, 0.15) is 36.8 Å². The van der Waals surface area contributed by atoms with Gasteiger partial charge in [-0.05, 0) is 62.5 Å². The Labute approximate surface area is 199 Å². The number of nitrogens with zero attached hydrogens (tertiary/aromatic N) is 5. The first-order chi connectivity index (χ1) is 16.4. The van der Waals surface area contributed by atoms with Gasteiger partial charge in [0.05, 0.1) is 11.3 Å². The fourth-order valence-electron chi connectivity index (χ4n) is 5.02. The Hall–Kier alpha value is -3.40. The van der Waals surface area contributed by atoms with Gasteiger partial charge in [-0.2, -0.15) is 4.73 Å². The van der Waals surface area contributed by atoms with Gasteiger partial charge in [0, 0.05) is 37.5 Å². The van der Waals surface area contributed by atoms with E-state index in [9.17, 15) is 10.0 Å². The third-order valence-corrected chi connectivity index (χ3v) is 6.72. The van der Waals surface area contributed by atoms with Crippen LogP contribution < -0.4 is 16.2 Å². The minimum Gasteiger partial charge on any atom is -0.619 e. The monoisotopic (exact) mass is 467 g/mol. The molecular weight excluding hydrogens is 434 g/mol. The molecule has 0 unspecified atom stereocenters. The van der Waals surface area contributed by atoms with E-state index in [4.69, 9.17) is 16.3 Å². The Balaban J connectivity index is 1.28. The van der Waals surface area contributed by atoms with Crippen molar-refractivity contribution in [3.63, 3.8) is 0 Å². The smallest absolute Gasteiger partial charge is 0.225 e. The van der Waals surface area contributed by atoms with Crippen LogP contribution in [0.4, 0.5) is 11.6 Å². The minimum absolute atomic E-state index is 0.0565. The first kappa shape index (κ1) is 23.7. The van der Waals surface area contributed by atoms with Crippen molar-refractivity contribution in [1.82, 2.24) is 14.8 Å². The average Bonchev–Trinajstić information content (AvgIpc) is 2.82. The van der Waals surface area contributed by atoms with Crippen molar-refractivity contribution in [2.24, 2.45) is 17.0 Å². The molecule has 10 nitrogen and oxygen atoms in total. The lowest BCUT2D eigenvalue weighted by molar-refractivity contribution is -0.605. The van der Waals surface area contributed by atoms with Crippen LogP contribution in [-0.2, 0) is 16.2 Å². The number of amides is 1. The van der Waals surface area contributed by atoms with Crippen molar-refractivity contribution in [2.75, 3.05) is 44.8 Å². The summed E-state index contributed by atoms with van der Waals surface area (Å²) >= 11 is 0. The average molecular weight is 468 g/mol. The summed E-state index contributed by atoms with van der Waals surface area (Å²) in [6.45, 7) is 3.86. The van der Waals surface area contributed by atoms with E-state index < -0.39 is 0 Å². The number of rotatable bonds is 6. The predicted molar refractivity (Wildman–Crippen MR) is 129 cm³/mol. The van der Waals surface area contributed by atoms with Gasteiger partial charge in [0.2, 0.25) is 5.91 Å². The Kier molecular flexibility index (Phi) is 7.46. The van der Waals surface area contributed by atoms with E-state index >= 15 is 0 Å². The van der Waals surface area contributed by atoms with E-state index in [0.29, 0.717) is 24.7 Å². The van der Waals surface area contributed by atoms with Crippen molar-refractivity contribution in [1.29, 1.82) is 0 Å². The number of hydrogen-bond donors (Lipinski definition) is 2. The number of nitrogens with two attached hydrogens (primary N) is 2. The zero-order valence-corrected chi connectivity index (χ0v) is 19.6. The summed E-state index contributed by atoms with van der Waals surface area (Å²) in [4.78, 5) is 26.6. The molecule has 2 aromatic rings. The topological polar surface area (TPSA) is 137 Å². The lowest BCUT2D eigenvalue weighted by atomic mass is 9.87. The van der Waals surface area contributed by atoms with Crippen LogP contribution in [0.3, 0.4) is 0 Å². The summed E-state index contributed by atoms with van der Waals surface area (Å²) < 4.78 is 0.768. The Bertz CT molecular complexity index is 1010. The first-order valence-corrected chi connectivity index (χ1v) is 11.8. The predicted octanol–water partition coefficient (Wildman–Crippen LogP) is 1.38. The molecule has 0 saturated carbocycles. The lowest BCUT2D eigenvalue weighted by Gasteiger charge is -2.37. The van der Waals surface area contributed by atoms with Crippen LogP contribution in [0.2, 0.25) is 0 Å². The molecule has 2 saturated heterocycles. The molecule has 34 heavy (non-hydrogen) atoms. The SMILES string of the molecule is CON=C(c1ccc[n+]([O-])c1)C1CCN(C(=O)C2CCN(Cc3cc(N)nc(N)c3)CC2)CC1. The molecule has 2 aromatic heterocycles. The molecule has 0 atom stereocenters. The van der Waals surface area contributed by atoms with Crippen LogP contribution in [-0.4, -0.2) is 59.7 Å². The summed E-state index contributed by atoms with van der Waals surface area (Å²) in [6.07, 6.45) is 6.24. The number of nitrogen functional groups attached to an aromatic ring is 2. The van der Waals surface area contributed by atoms with Crippen molar-refractivity contribution in [3.8, 4) is 0 Å². The number of likely N-dealkylation sites (tertiary alicyclic amines) is 2. The molecule has 0 aliphatic carbocycles. The summed E-state index contributed by atoms with van der Waals surface area (Å²) in [5.74, 6) is 1.32. The van der Waals surface area contributed by atoms with Crippen molar-refractivity contribution < 1.29 is 14.4 Å². The van der Waals surface area contributed by atoms with Crippen molar-refractivity contribution in [2.45, 2.75) is 32.2 Å². The van der Waals surface area contributed by atoms with E-state index in [2.05, 4.69) is 15.0 Å². The van der Waals surface area contributed by atoms with E-state index in [1.165, 1.54) is 19.5 Å². The fraction of sp³-hybridized carbons (Fsp3) is 0.500. The molecule has 0 aromatic carbocycles. The Morgan fingerprint density at radius 3 is 2.41 bits per heavy atom. The Morgan fingerprint density at radius 2 is 1.79 bits per heavy atom. The maximum absolute atomic E-state index is 13.2. The molecule has 182 valence electrons. The summed E-state index contributed by atoms with van der Waals surface area (Å²) in [5.41, 5.74) is 14.2. The van der Waals surface area contributed by atoms with E-state index in [1.807, 2.05) is 23.1 Å². The largest absolute Gasteiger partial charge is 0.619 e. The van der Waals surface area contributed by atoms with Crippen molar-refractivity contribution in [3.05, 3.63) is 53.0 Å². The molecule has 4 rings (SSSR count). The molecular formula is C24H33N7O3. The number of pyridine rings is 2. The van der Waals surface area contributed by atoms with Crippen LogP contribution >= 0.6 is 0 Å². The van der Waals surface area contributed by atoms with Gasteiger partial charge in [-0.3, -0.25) is 9.69 Å². The molecule has 0 spiro atoms. The molecule has 2 aliphatic heterocycles. The first-order valence-electron chi connectivity index (χ1n) is 11.8. The summed E-state index contributed by atoms with van der Waals surface area (Å²) in [7, 11) is 1.51. The maximum atomic E-state index is 13.2. The second-order valence-electron chi connectivity index (χ2n) is 9.09. The molecule has 0 radical (unpaired) electrons. The molecule has 2 fully saturated rings. The third kappa shape index (κ3) is 5.74. The second kappa shape index (κ2) is 10.7. The second-order valence-corrected chi connectivity index (χ2v) is 9.09. The van der Waals surface area contributed by atoms with Gasteiger partial charge in [0.25, 0.3) is 0 Å². The number of oxime groups is 1. The van der Waals surface area contributed by atoms with Crippen LogP contribution in [0.5, 0.6) is 0 Å².